The van der Waals surface area contributed by atoms with Gasteiger partial charge in [0.2, 0.25) is 0 Å². The molecule has 2 aromatic heterocycles. The van der Waals surface area contributed by atoms with Gasteiger partial charge in [0.1, 0.15) is 5.82 Å². The number of carbonyl (C=O) groups is 1. The van der Waals surface area contributed by atoms with E-state index in [0.717, 1.165) is 24.2 Å². The van der Waals surface area contributed by atoms with E-state index in [0.29, 0.717) is 5.56 Å². The van der Waals surface area contributed by atoms with E-state index in [4.69, 9.17) is 0 Å². The molecule has 0 radical (unpaired) electrons. The van der Waals surface area contributed by atoms with Gasteiger partial charge in [-0.15, -0.1) is 0 Å². The Labute approximate surface area is 93.1 Å². The van der Waals surface area contributed by atoms with Crippen LogP contribution in [0.3, 0.4) is 0 Å². The van der Waals surface area contributed by atoms with E-state index >= 15 is 0 Å². The molecule has 16 heavy (non-hydrogen) atoms. The van der Waals surface area contributed by atoms with Crippen LogP contribution < -0.4 is 0 Å². The van der Waals surface area contributed by atoms with Gasteiger partial charge in [0.05, 0.1) is 24.4 Å². The van der Waals surface area contributed by atoms with Crippen molar-refractivity contribution in [3.8, 4) is 0 Å². The highest BCUT2D eigenvalue weighted by Crippen LogP contribution is 2.09. The van der Waals surface area contributed by atoms with Gasteiger partial charge in [-0.05, 0) is 12.5 Å². The molecule has 5 nitrogen and oxygen atoms in total. The zero-order valence-electron chi connectivity index (χ0n) is 9.30. The minimum atomic E-state index is -0.359. The molecular formula is C11H13N3O2. The molecule has 5 heteroatoms. The number of esters is 1. The predicted molar refractivity (Wildman–Crippen MR) is 58.3 cm³/mol. The monoisotopic (exact) mass is 219 g/mol. The molecule has 0 aliphatic carbocycles. The van der Waals surface area contributed by atoms with E-state index in [1.165, 1.54) is 7.11 Å². The average molecular weight is 219 g/mol. The Kier molecular flexibility index (Phi) is 2.85. The van der Waals surface area contributed by atoms with Crippen molar-refractivity contribution in [2.24, 2.45) is 0 Å². The molecule has 0 bridgehead atoms. The second-order valence-electron chi connectivity index (χ2n) is 3.51. The number of aromatic nitrogens is 3. The Morgan fingerprint density at radius 3 is 3.06 bits per heavy atom. The minimum absolute atomic E-state index is 0.359. The molecule has 2 heterocycles. The third-order valence-electron chi connectivity index (χ3n) is 2.29. The Morgan fingerprint density at radius 2 is 2.38 bits per heavy atom. The maximum absolute atomic E-state index is 11.3. The van der Waals surface area contributed by atoms with Gasteiger partial charge in [-0.1, -0.05) is 6.92 Å². The predicted octanol–water partition coefficient (Wildman–Crippen LogP) is 1.47. The first-order valence-electron chi connectivity index (χ1n) is 5.17. The first-order valence-corrected chi connectivity index (χ1v) is 5.17. The standard InChI is InChI=1S/C11H13N3O2/c1-3-4-10-12-6-9-5-8(11(15)16-2)7-14(9)13-10/h5-7H,3-4H2,1-2H3. The summed E-state index contributed by atoms with van der Waals surface area (Å²) in [5, 5.41) is 4.30. The molecule has 0 saturated heterocycles. The largest absolute Gasteiger partial charge is 0.465 e. The molecule has 2 aromatic rings. The minimum Gasteiger partial charge on any atom is -0.465 e. The molecule has 0 fully saturated rings. The Hall–Kier alpha value is -1.91. The van der Waals surface area contributed by atoms with Crippen molar-refractivity contribution in [1.29, 1.82) is 0 Å². The first-order chi connectivity index (χ1) is 7.74. The summed E-state index contributed by atoms with van der Waals surface area (Å²) in [4.78, 5) is 15.5. The summed E-state index contributed by atoms with van der Waals surface area (Å²) in [5.41, 5.74) is 1.28. The molecule has 0 atom stereocenters. The molecular weight excluding hydrogens is 206 g/mol. The number of hydrogen-bond donors (Lipinski definition) is 0. The highest BCUT2D eigenvalue weighted by Gasteiger charge is 2.09. The van der Waals surface area contributed by atoms with Crippen LogP contribution in [0.15, 0.2) is 18.5 Å². The highest BCUT2D eigenvalue weighted by atomic mass is 16.5. The van der Waals surface area contributed by atoms with E-state index < -0.39 is 0 Å². The topological polar surface area (TPSA) is 56.5 Å². The van der Waals surface area contributed by atoms with Crippen LogP contribution in [0.4, 0.5) is 0 Å². The smallest absolute Gasteiger partial charge is 0.339 e. The SMILES string of the molecule is CCCc1ncc2cc(C(=O)OC)cn2n1. The summed E-state index contributed by atoms with van der Waals surface area (Å²) >= 11 is 0. The van der Waals surface area contributed by atoms with E-state index in [2.05, 4.69) is 21.7 Å². The number of methoxy groups -OCH3 is 1. The molecule has 0 N–H and O–H groups in total. The zero-order valence-corrected chi connectivity index (χ0v) is 9.30. The van der Waals surface area contributed by atoms with E-state index in [1.54, 1.807) is 23.0 Å². The quantitative estimate of drug-likeness (QED) is 0.733. The number of carbonyl (C=O) groups excluding carboxylic acids is 1. The van der Waals surface area contributed by atoms with Crippen molar-refractivity contribution < 1.29 is 9.53 Å². The van der Waals surface area contributed by atoms with E-state index in [9.17, 15) is 4.79 Å². The lowest BCUT2D eigenvalue weighted by Gasteiger charge is -1.97. The maximum Gasteiger partial charge on any atom is 0.339 e. The van der Waals surface area contributed by atoms with Gasteiger partial charge >= 0.3 is 5.97 Å². The maximum atomic E-state index is 11.3. The second kappa shape index (κ2) is 4.30. The van der Waals surface area contributed by atoms with Crippen LogP contribution in [0.1, 0.15) is 29.5 Å². The Bertz CT molecular complexity index is 519. The van der Waals surface area contributed by atoms with Crippen molar-refractivity contribution >= 4 is 11.5 Å². The molecule has 0 saturated carbocycles. The van der Waals surface area contributed by atoms with Gasteiger partial charge in [0.15, 0.2) is 0 Å². The fourth-order valence-corrected chi connectivity index (χ4v) is 1.51. The lowest BCUT2D eigenvalue weighted by atomic mass is 10.3. The van der Waals surface area contributed by atoms with E-state index in [1.807, 2.05) is 0 Å². The highest BCUT2D eigenvalue weighted by molar-refractivity contribution is 5.90. The molecule has 2 rings (SSSR count). The lowest BCUT2D eigenvalue weighted by Crippen LogP contribution is -2.00. The van der Waals surface area contributed by atoms with Gasteiger partial charge in [-0.25, -0.2) is 14.3 Å². The Balaban J connectivity index is 2.41. The second-order valence-corrected chi connectivity index (χ2v) is 3.51. The van der Waals surface area contributed by atoms with Crippen molar-refractivity contribution in [1.82, 2.24) is 14.6 Å². The van der Waals surface area contributed by atoms with Crippen LogP contribution in [-0.4, -0.2) is 27.7 Å². The fraction of sp³-hybridized carbons (Fsp3) is 0.364. The summed E-state index contributed by atoms with van der Waals surface area (Å²) in [6.45, 7) is 2.07. The third-order valence-corrected chi connectivity index (χ3v) is 2.29. The van der Waals surface area contributed by atoms with Crippen molar-refractivity contribution in [3.05, 3.63) is 29.8 Å². The lowest BCUT2D eigenvalue weighted by molar-refractivity contribution is 0.0601. The van der Waals surface area contributed by atoms with Crippen molar-refractivity contribution in [2.75, 3.05) is 7.11 Å². The zero-order chi connectivity index (χ0) is 11.5. The number of rotatable bonds is 3. The molecule has 0 aliphatic rings. The van der Waals surface area contributed by atoms with Crippen LogP contribution in [0, 0.1) is 0 Å². The molecule has 0 aromatic carbocycles. The normalized spacial score (nSPS) is 10.6. The summed E-state index contributed by atoms with van der Waals surface area (Å²) < 4.78 is 6.30. The van der Waals surface area contributed by atoms with Crippen molar-refractivity contribution in [2.45, 2.75) is 19.8 Å². The molecule has 84 valence electrons. The van der Waals surface area contributed by atoms with Crippen LogP contribution >= 0.6 is 0 Å². The van der Waals surface area contributed by atoms with Crippen molar-refractivity contribution in [3.63, 3.8) is 0 Å². The summed E-state index contributed by atoms with van der Waals surface area (Å²) in [7, 11) is 1.36. The number of nitrogens with zero attached hydrogens (tertiary/aromatic N) is 3. The van der Waals surface area contributed by atoms with Gasteiger partial charge < -0.3 is 4.74 Å². The number of hydrogen-bond acceptors (Lipinski definition) is 4. The van der Waals surface area contributed by atoms with Gasteiger partial charge in [0, 0.05) is 12.6 Å². The van der Waals surface area contributed by atoms with Gasteiger partial charge in [-0.3, -0.25) is 0 Å². The molecule has 0 amide bonds. The third kappa shape index (κ3) is 1.88. The van der Waals surface area contributed by atoms with E-state index in [-0.39, 0.29) is 5.97 Å². The molecule has 0 aliphatic heterocycles. The first kappa shape index (κ1) is 10.6. The van der Waals surface area contributed by atoms with Crippen LogP contribution in [0.5, 0.6) is 0 Å². The van der Waals surface area contributed by atoms with Crippen LogP contribution in [0.25, 0.3) is 5.52 Å². The number of ether oxygens (including phenoxy) is 1. The summed E-state index contributed by atoms with van der Waals surface area (Å²) in [6, 6.07) is 1.71. The molecule has 0 unspecified atom stereocenters. The summed E-state index contributed by atoms with van der Waals surface area (Å²) in [5.74, 6) is 0.421. The average Bonchev–Trinajstić information content (AvgIpc) is 2.71. The fourth-order valence-electron chi connectivity index (χ4n) is 1.51. The van der Waals surface area contributed by atoms with Gasteiger partial charge in [-0.2, -0.15) is 5.10 Å². The van der Waals surface area contributed by atoms with Gasteiger partial charge in [0.25, 0.3) is 0 Å². The summed E-state index contributed by atoms with van der Waals surface area (Å²) in [6.07, 6.45) is 5.20. The number of fused-ring (bicyclic) bond motifs is 1. The Morgan fingerprint density at radius 1 is 1.56 bits per heavy atom. The molecule has 0 spiro atoms. The number of aryl methyl sites for hydroxylation is 1. The van der Waals surface area contributed by atoms with Crippen LogP contribution in [0.2, 0.25) is 0 Å². The van der Waals surface area contributed by atoms with Crippen LogP contribution in [-0.2, 0) is 11.2 Å².